The molecule has 2 aromatic rings. The van der Waals surface area contributed by atoms with Gasteiger partial charge in [-0.2, -0.15) is 4.98 Å². The predicted octanol–water partition coefficient (Wildman–Crippen LogP) is 5.28. The summed E-state index contributed by atoms with van der Waals surface area (Å²) in [6.07, 6.45) is 3.51. The van der Waals surface area contributed by atoms with Gasteiger partial charge in [-0.05, 0) is 63.4 Å². The van der Waals surface area contributed by atoms with Gasteiger partial charge in [-0.1, -0.05) is 19.1 Å². The van der Waals surface area contributed by atoms with Crippen LogP contribution in [0.3, 0.4) is 0 Å². The molecule has 0 saturated carbocycles. The number of ether oxygens (including phenoxy) is 1. The first-order chi connectivity index (χ1) is 12.6. The maximum Gasteiger partial charge on any atom is 0.305 e. The Hall–Kier alpha value is -1.87. The van der Waals surface area contributed by atoms with Gasteiger partial charge in [-0.15, -0.1) is 0 Å². The fourth-order valence-corrected chi connectivity index (χ4v) is 3.79. The first-order valence-electron chi connectivity index (χ1n) is 9.51. The highest BCUT2D eigenvalue weighted by Gasteiger charge is 2.23. The molecule has 0 unspecified atom stereocenters. The molecule has 1 aromatic heterocycles. The Morgan fingerprint density at radius 3 is 2.30 bits per heavy atom. The van der Waals surface area contributed by atoms with Crippen LogP contribution in [0.4, 0.5) is 0 Å². The third-order valence-corrected chi connectivity index (χ3v) is 4.97. The number of benzene rings is 1. The van der Waals surface area contributed by atoms with Gasteiger partial charge in [0.1, 0.15) is 5.75 Å². The molecule has 27 heavy (non-hydrogen) atoms. The minimum absolute atomic E-state index is 0.409. The van der Waals surface area contributed by atoms with E-state index in [0.29, 0.717) is 18.3 Å². The predicted molar refractivity (Wildman–Crippen MR) is 115 cm³/mol. The highest BCUT2D eigenvalue weighted by molar-refractivity contribution is 6.70. The third-order valence-electron chi connectivity index (χ3n) is 3.37. The molecule has 1 heterocycles. The lowest BCUT2D eigenvalue weighted by atomic mass is 10.1. The average molecular weight is 405 g/mol. The average Bonchev–Trinajstić information content (AvgIpc) is 2.53. The molecule has 0 radical (unpaired) electrons. The van der Waals surface area contributed by atoms with E-state index in [-0.39, 0.29) is 0 Å². The van der Waals surface area contributed by atoms with Crippen molar-refractivity contribution in [3.05, 3.63) is 41.6 Å². The van der Waals surface area contributed by atoms with Crippen LogP contribution in [0.2, 0.25) is 39.3 Å². The Morgan fingerprint density at radius 2 is 1.67 bits per heavy atom. The summed E-state index contributed by atoms with van der Waals surface area (Å²) in [6.45, 7) is 15.6. The van der Waals surface area contributed by atoms with Gasteiger partial charge in [0.2, 0.25) is 22.5 Å². The van der Waals surface area contributed by atoms with Crippen molar-refractivity contribution >= 4 is 16.6 Å². The molecule has 1 aromatic carbocycles. The molecule has 148 valence electrons. The summed E-state index contributed by atoms with van der Waals surface area (Å²) in [5.41, 5.74) is 2.11. The van der Waals surface area contributed by atoms with Crippen LogP contribution in [-0.4, -0.2) is 33.2 Å². The zero-order valence-electron chi connectivity index (χ0n) is 17.6. The van der Waals surface area contributed by atoms with E-state index in [1.54, 1.807) is 0 Å². The van der Waals surface area contributed by atoms with E-state index >= 15 is 0 Å². The van der Waals surface area contributed by atoms with E-state index in [4.69, 9.17) is 13.6 Å². The van der Waals surface area contributed by atoms with Crippen LogP contribution in [-0.2, 0) is 6.42 Å². The van der Waals surface area contributed by atoms with Crippen molar-refractivity contribution in [2.24, 2.45) is 0 Å². The maximum atomic E-state index is 6.25. The van der Waals surface area contributed by atoms with Gasteiger partial charge < -0.3 is 13.6 Å². The SMILES string of the molecule is CCCOc1cccc(Cc2cnc(O[Si](C)(C)C)nc2O[Si](C)(C)C)c1. The van der Waals surface area contributed by atoms with Crippen molar-refractivity contribution in [3.63, 3.8) is 0 Å². The van der Waals surface area contributed by atoms with Crippen molar-refractivity contribution in [1.82, 2.24) is 9.97 Å². The molecule has 0 fully saturated rings. The van der Waals surface area contributed by atoms with Crippen molar-refractivity contribution in [3.8, 4) is 17.6 Å². The zero-order chi connectivity index (χ0) is 20.1. The first kappa shape index (κ1) is 21.4. The molecular weight excluding hydrogens is 372 g/mol. The monoisotopic (exact) mass is 404 g/mol. The smallest absolute Gasteiger partial charge is 0.305 e. The lowest BCUT2D eigenvalue weighted by molar-refractivity contribution is 0.317. The van der Waals surface area contributed by atoms with Crippen LogP contribution in [0.25, 0.3) is 0 Å². The summed E-state index contributed by atoms with van der Waals surface area (Å²) >= 11 is 0. The summed E-state index contributed by atoms with van der Waals surface area (Å²) in [7, 11) is -3.59. The standard InChI is InChI=1S/C20H32N2O3Si2/c1-8-12-23-18-11-9-10-16(14-18)13-17-15-21-20(25-27(5,6)7)22-19(17)24-26(2,3)4/h9-11,14-15H,8,12-13H2,1-7H3. The summed E-state index contributed by atoms with van der Waals surface area (Å²) in [5.74, 6) is 1.53. The molecule has 0 saturated heterocycles. The molecule has 0 N–H and O–H groups in total. The molecular formula is C20H32N2O3Si2. The molecule has 0 aliphatic carbocycles. The number of hydrogen-bond donors (Lipinski definition) is 0. The van der Waals surface area contributed by atoms with E-state index in [2.05, 4.69) is 68.3 Å². The van der Waals surface area contributed by atoms with E-state index in [1.165, 1.54) is 0 Å². The molecule has 0 aliphatic heterocycles. The van der Waals surface area contributed by atoms with Gasteiger partial charge in [0, 0.05) is 18.2 Å². The lowest BCUT2D eigenvalue weighted by Crippen LogP contribution is -2.32. The number of rotatable bonds is 9. The second-order valence-corrected chi connectivity index (χ2v) is 17.4. The summed E-state index contributed by atoms with van der Waals surface area (Å²) in [4.78, 5) is 9.02. The zero-order valence-corrected chi connectivity index (χ0v) is 19.6. The van der Waals surface area contributed by atoms with Gasteiger partial charge in [0.25, 0.3) is 0 Å². The Balaban J connectivity index is 2.29. The lowest BCUT2D eigenvalue weighted by Gasteiger charge is -2.22. The van der Waals surface area contributed by atoms with E-state index in [9.17, 15) is 0 Å². The Morgan fingerprint density at radius 1 is 0.963 bits per heavy atom. The quantitative estimate of drug-likeness (QED) is 0.532. The van der Waals surface area contributed by atoms with Gasteiger partial charge in [0.05, 0.1) is 6.61 Å². The third kappa shape index (κ3) is 7.72. The Bertz CT molecular complexity index is 756. The number of nitrogens with zero attached hydrogens (tertiary/aromatic N) is 2. The molecule has 2 rings (SSSR count). The second kappa shape index (κ2) is 8.88. The van der Waals surface area contributed by atoms with E-state index in [1.807, 2.05) is 18.3 Å². The van der Waals surface area contributed by atoms with Gasteiger partial charge >= 0.3 is 6.01 Å². The van der Waals surface area contributed by atoms with Crippen molar-refractivity contribution in [2.45, 2.75) is 59.0 Å². The second-order valence-electron chi connectivity index (χ2n) is 8.58. The topological polar surface area (TPSA) is 53.5 Å². The molecule has 0 aliphatic rings. The normalized spacial score (nSPS) is 12.0. The van der Waals surface area contributed by atoms with Crippen LogP contribution < -0.4 is 13.6 Å². The Kier molecular flexibility index (Phi) is 7.05. The Labute approximate surface area is 165 Å². The number of aromatic nitrogens is 2. The van der Waals surface area contributed by atoms with Crippen LogP contribution >= 0.6 is 0 Å². The summed E-state index contributed by atoms with van der Waals surface area (Å²) < 4.78 is 18.0. The molecule has 7 heteroatoms. The molecule has 5 nitrogen and oxygen atoms in total. The summed E-state index contributed by atoms with van der Waals surface area (Å²) in [6, 6.07) is 8.57. The highest BCUT2D eigenvalue weighted by atomic mass is 28.4. The van der Waals surface area contributed by atoms with E-state index < -0.39 is 16.6 Å². The van der Waals surface area contributed by atoms with Crippen molar-refractivity contribution in [2.75, 3.05) is 6.61 Å². The van der Waals surface area contributed by atoms with Crippen molar-refractivity contribution < 1.29 is 13.6 Å². The maximum absolute atomic E-state index is 6.25. The molecule has 0 amide bonds. The minimum Gasteiger partial charge on any atom is -0.531 e. The van der Waals surface area contributed by atoms with Crippen LogP contribution in [0.15, 0.2) is 30.5 Å². The highest BCUT2D eigenvalue weighted by Crippen LogP contribution is 2.26. The van der Waals surface area contributed by atoms with E-state index in [0.717, 1.165) is 29.9 Å². The first-order valence-corrected chi connectivity index (χ1v) is 16.3. The molecule has 0 bridgehead atoms. The fraction of sp³-hybridized carbons (Fsp3) is 0.500. The van der Waals surface area contributed by atoms with Crippen LogP contribution in [0.5, 0.6) is 17.6 Å². The minimum atomic E-state index is -1.82. The fourth-order valence-electron chi connectivity index (χ4n) is 2.38. The van der Waals surface area contributed by atoms with Crippen LogP contribution in [0, 0.1) is 0 Å². The molecule has 0 atom stereocenters. The largest absolute Gasteiger partial charge is 0.531 e. The van der Waals surface area contributed by atoms with Crippen molar-refractivity contribution in [1.29, 1.82) is 0 Å². The van der Waals surface area contributed by atoms with Gasteiger partial charge in [-0.25, -0.2) is 4.98 Å². The molecule has 0 spiro atoms. The number of hydrogen-bond acceptors (Lipinski definition) is 5. The van der Waals surface area contributed by atoms with Gasteiger partial charge in [0.15, 0.2) is 0 Å². The van der Waals surface area contributed by atoms with Gasteiger partial charge in [-0.3, -0.25) is 0 Å². The summed E-state index contributed by atoms with van der Waals surface area (Å²) in [5, 5.41) is 0. The van der Waals surface area contributed by atoms with Crippen LogP contribution in [0.1, 0.15) is 24.5 Å².